The van der Waals surface area contributed by atoms with E-state index in [4.69, 9.17) is 21.1 Å². The fourth-order valence-electron chi connectivity index (χ4n) is 1.93. The van der Waals surface area contributed by atoms with Gasteiger partial charge in [-0.05, 0) is 42.8 Å². The van der Waals surface area contributed by atoms with Crippen LogP contribution in [0.3, 0.4) is 0 Å². The number of esters is 1. The summed E-state index contributed by atoms with van der Waals surface area (Å²) in [5.41, 5.74) is 1.03. The number of hydrogen-bond donors (Lipinski definition) is 0. The quantitative estimate of drug-likeness (QED) is 0.622. The molecular weight excluding hydrogens is 340 g/mol. The third kappa shape index (κ3) is 4.03. The van der Waals surface area contributed by atoms with Crippen LogP contribution in [-0.2, 0) is 9.84 Å². The number of benzene rings is 2. The van der Waals surface area contributed by atoms with E-state index < -0.39 is 15.8 Å². The van der Waals surface area contributed by atoms with Gasteiger partial charge < -0.3 is 9.47 Å². The molecule has 0 amide bonds. The summed E-state index contributed by atoms with van der Waals surface area (Å²) in [4.78, 5) is 12.1. The standard InChI is InChI=1S/C16H15ClO5S/c1-10-4-7-13(14(8-10)21-2)22-16(18)11-5-6-12(17)15(9-11)23(3,19)20/h4-9H,1-3H3. The SMILES string of the molecule is COc1cc(C)ccc1OC(=O)c1ccc(Cl)c(S(C)(=O)=O)c1. The first kappa shape index (κ1) is 17.3. The Kier molecular flexibility index (Phi) is 4.97. The van der Waals surface area contributed by atoms with Crippen molar-refractivity contribution in [1.82, 2.24) is 0 Å². The molecule has 0 aliphatic carbocycles. The number of sulfone groups is 1. The van der Waals surface area contributed by atoms with Gasteiger partial charge in [-0.3, -0.25) is 0 Å². The van der Waals surface area contributed by atoms with E-state index in [-0.39, 0.29) is 21.2 Å². The largest absolute Gasteiger partial charge is 0.493 e. The highest BCUT2D eigenvalue weighted by molar-refractivity contribution is 7.90. The molecular formula is C16H15ClO5S. The Hall–Kier alpha value is -2.05. The number of carbonyl (C=O) groups excluding carboxylic acids is 1. The molecule has 0 radical (unpaired) electrons. The van der Waals surface area contributed by atoms with Crippen molar-refractivity contribution in [3.8, 4) is 11.5 Å². The Morgan fingerprint density at radius 2 is 1.78 bits per heavy atom. The Bertz CT molecular complexity index is 859. The van der Waals surface area contributed by atoms with Crippen LogP contribution in [0.4, 0.5) is 0 Å². The summed E-state index contributed by atoms with van der Waals surface area (Å²) in [7, 11) is -2.08. The Labute approximate surface area is 139 Å². The summed E-state index contributed by atoms with van der Waals surface area (Å²) in [6.07, 6.45) is 1.02. The molecule has 0 heterocycles. The molecule has 23 heavy (non-hydrogen) atoms. The van der Waals surface area contributed by atoms with Crippen molar-refractivity contribution in [2.75, 3.05) is 13.4 Å². The summed E-state index contributed by atoms with van der Waals surface area (Å²) in [6.45, 7) is 1.88. The van der Waals surface area contributed by atoms with Gasteiger partial charge in [0.25, 0.3) is 0 Å². The third-order valence-electron chi connectivity index (χ3n) is 3.09. The van der Waals surface area contributed by atoms with Crippen molar-refractivity contribution in [2.45, 2.75) is 11.8 Å². The fraction of sp³-hybridized carbons (Fsp3) is 0.188. The minimum absolute atomic E-state index is 0.0527. The summed E-state index contributed by atoms with van der Waals surface area (Å²) < 4.78 is 33.8. The molecule has 0 bridgehead atoms. The number of rotatable bonds is 4. The summed E-state index contributed by atoms with van der Waals surface area (Å²) >= 11 is 5.86. The number of methoxy groups -OCH3 is 1. The smallest absolute Gasteiger partial charge is 0.343 e. The minimum Gasteiger partial charge on any atom is -0.493 e. The van der Waals surface area contributed by atoms with E-state index in [9.17, 15) is 13.2 Å². The van der Waals surface area contributed by atoms with Crippen molar-refractivity contribution in [2.24, 2.45) is 0 Å². The van der Waals surface area contributed by atoms with Crippen molar-refractivity contribution < 1.29 is 22.7 Å². The normalized spacial score (nSPS) is 11.1. The predicted molar refractivity (Wildman–Crippen MR) is 87.3 cm³/mol. The maximum atomic E-state index is 12.2. The zero-order valence-electron chi connectivity index (χ0n) is 12.8. The lowest BCUT2D eigenvalue weighted by Crippen LogP contribution is -2.10. The van der Waals surface area contributed by atoms with Crippen LogP contribution in [0.25, 0.3) is 0 Å². The van der Waals surface area contributed by atoms with E-state index >= 15 is 0 Å². The second-order valence-corrected chi connectivity index (χ2v) is 7.35. The fourth-order valence-corrected chi connectivity index (χ4v) is 3.23. The number of aryl methyl sites for hydroxylation is 1. The van der Waals surface area contributed by atoms with Crippen LogP contribution < -0.4 is 9.47 Å². The first-order valence-electron chi connectivity index (χ1n) is 6.59. The highest BCUT2D eigenvalue weighted by Gasteiger charge is 2.18. The van der Waals surface area contributed by atoms with Gasteiger partial charge >= 0.3 is 5.97 Å². The van der Waals surface area contributed by atoms with E-state index in [0.29, 0.717) is 5.75 Å². The molecule has 0 unspecified atom stereocenters. The molecule has 0 aliphatic rings. The molecule has 0 atom stereocenters. The van der Waals surface area contributed by atoms with E-state index in [1.807, 2.05) is 6.92 Å². The summed E-state index contributed by atoms with van der Waals surface area (Å²) in [5.74, 6) is -0.0386. The molecule has 0 saturated heterocycles. The van der Waals surface area contributed by atoms with E-state index in [1.165, 1.54) is 25.3 Å². The van der Waals surface area contributed by atoms with Gasteiger partial charge in [0.1, 0.15) is 0 Å². The van der Waals surface area contributed by atoms with Crippen LogP contribution in [0.15, 0.2) is 41.3 Å². The third-order valence-corrected chi connectivity index (χ3v) is 4.67. The first-order chi connectivity index (χ1) is 10.7. The number of hydrogen-bond acceptors (Lipinski definition) is 5. The molecule has 0 N–H and O–H groups in total. The highest BCUT2D eigenvalue weighted by Crippen LogP contribution is 2.29. The molecule has 122 valence electrons. The Morgan fingerprint density at radius 3 is 2.39 bits per heavy atom. The summed E-state index contributed by atoms with van der Waals surface area (Å²) in [5, 5.41) is 0.0527. The second kappa shape index (κ2) is 6.60. The van der Waals surface area contributed by atoms with E-state index in [1.54, 1.807) is 18.2 Å². The number of ether oxygens (including phenoxy) is 2. The van der Waals surface area contributed by atoms with Crippen LogP contribution in [0.2, 0.25) is 5.02 Å². The monoisotopic (exact) mass is 354 g/mol. The molecule has 5 nitrogen and oxygen atoms in total. The zero-order chi connectivity index (χ0) is 17.2. The van der Waals surface area contributed by atoms with Gasteiger partial charge in [-0.1, -0.05) is 17.7 Å². The van der Waals surface area contributed by atoms with Crippen LogP contribution in [0, 0.1) is 6.92 Å². The average molecular weight is 355 g/mol. The van der Waals surface area contributed by atoms with E-state index in [0.717, 1.165) is 11.8 Å². The second-order valence-electron chi connectivity index (χ2n) is 4.96. The average Bonchev–Trinajstić information content (AvgIpc) is 2.48. The first-order valence-corrected chi connectivity index (χ1v) is 8.85. The topological polar surface area (TPSA) is 69.7 Å². The van der Waals surface area contributed by atoms with Gasteiger partial charge in [0.15, 0.2) is 21.3 Å². The maximum absolute atomic E-state index is 12.2. The molecule has 2 rings (SSSR count). The Balaban J connectivity index is 2.36. The summed E-state index contributed by atoms with van der Waals surface area (Å²) in [6, 6.07) is 9.06. The van der Waals surface area contributed by atoms with Crippen LogP contribution in [0.1, 0.15) is 15.9 Å². The molecule has 2 aromatic carbocycles. The van der Waals surface area contributed by atoms with Gasteiger partial charge in [0.2, 0.25) is 0 Å². The van der Waals surface area contributed by atoms with Gasteiger partial charge in [-0.2, -0.15) is 0 Å². The molecule has 2 aromatic rings. The molecule has 0 spiro atoms. The molecule has 0 fully saturated rings. The van der Waals surface area contributed by atoms with Crippen LogP contribution >= 0.6 is 11.6 Å². The predicted octanol–water partition coefficient (Wildman–Crippen LogP) is 3.28. The van der Waals surface area contributed by atoms with Gasteiger partial charge in [0, 0.05) is 6.26 Å². The van der Waals surface area contributed by atoms with Gasteiger partial charge in [0.05, 0.1) is 22.6 Å². The van der Waals surface area contributed by atoms with Gasteiger partial charge in [-0.25, -0.2) is 13.2 Å². The van der Waals surface area contributed by atoms with Gasteiger partial charge in [-0.15, -0.1) is 0 Å². The maximum Gasteiger partial charge on any atom is 0.343 e. The lowest BCUT2D eigenvalue weighted by molar-refractivity contribution is 0.0729. The lowest BCUT2D eigenvalue weighted by atomic mass is 10.2. The number of halogens is 1. The highest BCUT2D eigenvalue weighted by atomic mass is 35.5. The van der Waals surface area contributed by atoms with Crippen molar-refractivity contribution >= 4 is 27.4 Å². The molecule has 0 aliphatic heterocycles. The molecule has 0 saturated carbocycles. The molecule has 0 aromatic heterocycles. The van der Waals surface area contributed by atoms with Crippen molar-refractivity contribution in [3.05, 3.63) is 52.5 Å². The molecule has 7 heteroatoms. The minimum atomic E-state index is -3.55. The van der Waals surface area contributed by atoms with Crippen LogP contribution in [0.5, 0.6) is 11.5 Å². The zero-order valence-corrected chi connectivity index (χ0v) is 14.4. The van der Waals surface area contributed by atoms with E-state index in [2.05, 4.69) is 0 Å². The Morgan fingerprint density at radius 1 is 1.09 bits per heavy atom. The van der Waals surface area contributed by atoms with Crippen LogP contribution in [-0.4, -0.2) is 27.8 Å². The lowest BCUT2D eigenvalue weighted by Gasteiger charge is -2.10. The van der Waals surface area contributed by atoms with Crippen molar-refractivity contribution in [1.29, 1.82) is 0 Å². The number of carbonyl (C=O) groups is 1. The van der Waals surface area contributed by atoms with Crippen molar-refractivity contribution in [3.63, 3.8) is 0 Å².